The number of benzene rings is 1. The lowest BCUT2D eigenvalue weighted by atomic mass is 10.3. The Balaban J connectivity index is 2.02. The SMILES string of the molecule is CC(OC(=O)c1scnc1Cl)C(=O)Nc1cc(Cl)ccc1Cl. The van der Waals surface area contributed by atoms with Crippen LogP contribution in [0, 0.1) is 0 Å². The van der Waals surface area contributed by atoms with E-state index in [4.69, 9.17) is 39.5 Å². The molecule has 5 nitrogen and oxygen atoms in total. The van der Waals surface area contributed by atoms with Crippen molar-refractivity contribution in [1.82, 2.24) is 4.98 Å². The molecule has 1 aromatic carbocycles. The predicted molar refractivity (Wildman–Crippen MR) is 87.1 cm³/mol. The molecule has 2 aromatic rings. The highest BCUT2D eigenvalue weighted by Gasteiger charge is 2.22. The van der Waals surface area contributed by atoms with Gasteiger partial charge in [-0.05, 0) is 25.1 Å². The first-order chi connectivity index (χ1) is 10.4. The smallest absolute Gasteiger partial charge is 0.352 e. The molecule has 1 aromatic heterocycles. The molecule has 2 rings (SSSR count). The van der Waals surface area contributed by atoms with Crippen LogP contribution in [-0.4, -0.2) is 23.0 Å². The van der Waals surface area contributed by atoms with Crippen LogP contribution in [0.25, 0.3) is 0 Å². The third kappa shape index (κ3) is 4.10. The van der Waals surface area contributed by atoms with Gasteiger partial charge in [-0.3, -0.25) is 4.79 Å². The van der Waals surface area contributed by atoms with Crippen molar-refractivity contribution in [3.63, 3.8) is 0 Å². The van der Waals surface area contributed by atoms with Gasteiger partial charge in [-0.25, -0.2) is 9.78 Å². The summed E-state index contributed by atoms with van der Waals surface area (Å²) in [6, 6.07) is 4.64. The predicted octanol–water partition coefficient (Wildman–Crippen LogP) is 4.29. The Labute approximate surface area is 145 Å². The van der Waals surface area contributed by atoms with Gasteiger partial charge < -0.3 is 10.1 Å². The van der Waals surface area contributed by atoms with Crippen molar-refractivity contribution in [1.29, 1.82) is 0 Å². The molecule has 0 aliphatic heterocycles. The first-order valence-electron chi connectivity index (χ1n) is 5.94. The number of esters is 1. The Morgan fingerprint density at radius 3 is 2.68 bits per heavy atom. The van der Waals surface area contributed by atoms with Gasteiger partial charge in [0.05, 0.1) is 16.2 Å². The van der Waals surface area contributed by atoms with Gasteiger partial charge in [0, 0.05) is 5.02 Å². The maximum absolute atomic E-state index is 12.0. The quantitative estimate of drug-likeness (QED) is 0.805. The third-order valence-electron chi connectivity index (χ3n) is 2.55. The minimum Gasteiger partial charge on any atom is -0.448 e. The molecule has 1 heterocycles. The summed E-state index contributed by atoms with van der Waals surface area (Å²) >= 11 is 18.5. The highest BCUT2D eigenvalue weighted by Crippen LogP contribution is 2.26. The standard InChI is InChI=1S/C13H9Cl3N2O3S/c1-6(21-13(20)10-11(16)17-5-22-10)12(19)18-9-4-7(14)2-3-8(9)15/h2-6H,1H3,(H,18,19). The van der Waals surface area contributed by atoms with Gasteiger partial charge in [-0.15, -0.1) is 11.3 Å². The maximum Gasteiger partial charge on any atom is 0.352 e. The first-order valence-corrected chi connectivity index (χ1v) is 7.95. The summed E-state index contributed by atoms with van der Waals surface area (Å²) in [6.45, 7) is 1.43. The van der Waals surface area contributed by atoms with E-state index < -0.39 is 18.0 Å². The molecule has 0 fully saturated rings. The molecule has 0 aliphatic carbocycles. The van der Waals surface area contributed by atoms with Crippen LogP contribution in [0.1, 0.15) is 16.6 Å². The summed E-state index contributed by atoms with van der Waals surface area (Å²) in [5, 5.41) is 3.32. The molecule has 1 atom stereocenters. The molecule has 0 saturated carbocycles. The Kier molecular flexibility index (Phi) is 5.63. The Bertz CT molecular complexity index is 720. The van der Waals surface area contributed by atoms with Crippen molar-refractivity contribution >= 4 is 63.7 Å². The highest BCUT2D eigenvalue weighted by atomic mass is 35.5. The van der Waals surface area contributed by atoms with Gasteiger partial charge >= 0.3 is 5.97 Å². The zero-order valence-electron chi connectivity index (χ0n) is 11.1. The molecule has 1 amide bonds. The average Bonchev–Trinajstić information content (AvgIpc) is 2.89. The van der Waals surface area contributed by atoms with Crippen LogP contribution in [0.5, 0.6) is 0 Å². The van der Waals surface area contributed by atoms with Crippen LogP contribution in [-0.2, 0) is 9.53 Å². The van der Waals surface area contributed by atoms with Crippen LogP contribution >= 0.6 is 46.1 Å². The van der Waals surface area contributed by atoms with Crippen molar-refractivity contribution < 1.29 is 14.3 Å². The summed E-state index contributed by atoms with van der Waals surface area (Å²) in [6.07, 6.45) is -1.04. The van der Waals surface area contributed by atoms with E-state index in [0.29, 0.717) is 15.7 Å². The van der Waals surface area contributed by atoms with Gasteiger partial charge in [0.2, 0.25) is 0 Å². The van der Waals surface area contributed by atoms with E-state index in [2.05, 4.69) is 10.3 Å². The number of anilines is 1. The van der Waals surface area contributed by atoms with E-state index in [-0.39, 0.29) is 10.0 Å². The number of carbonyl (C=O) groups excluding carboxylic acids is 2. The number of hydrogen-bond donors (Lipinski definition) is 1. The van der Waals surface area contributed by atoms with Crippen LogP contribution in [0.15, 0.2) is 23.7 Å². The summed E-state index contributed by atoms with van der Waals surface area (Å²) in [5.74, 6) is -1.26. The number of nitrogens with one attached hydrogen (secondary N) is 1. The summed E-state index contributed by atoms with van der Waals surface area (Å²) in [5.41, 5.74) is 1.74. The van der Waals surface area contributed by atoms with Gasteiger partial charge in [0.1, 0.15) is 0 Å². The monoisotopic (exact) mass is 378 g/mol. The lowest BCUT2D eigenvalue weighted by Crippen LogP contribution is -2.30. The zero-order valence-corrected chi connectivity index (χ0v) is 14.2. The minimum atomic E-state index is -1.04. The van der Waals surface area contributed by atoms with E-state index in [9.17, 15) is 9.59 Å². The molecule has 22 heavy (non-hydrogen) atoms. The Hall–Kier alpha value is -1.34. The normalized spacial score (nSPS) is 11.8. The fourth-order valence-electron chi connectivity index (χ4n) is 1.46. The summed E-state index contributed by atoms with van der Waals surface area (Å²) in [7, 11) is 0. The van der Waals surface area contributed by atoms with Gasteiger partial charge in [0.25, 0.3) is 5.91 Å². The fraction of sp³-hybridized carbons (Fsp3) is 0.154. The molecule has 0 radical (unpaired) electrons. The molecular formula is C13H9Cl3N2O3S. The van der Waals surface area contributed by atoms with E-state index in [0.717, 1.165) is 11.3 Å². The number of nitrogens with zero attached hydrogens (tertiary/aromatic N) is 1. The van der Waals surface area contributed by atoms with Crippen LogP contribution < -0.4 is 5.32 Å². The van der Waals surface area contributed by atoms with Crippen molar-refractivity contribution in [2.24, 2.45) is 0 Å². The van der Waals surface area contributed by atoms with E-state index in [1.807, 2.05) is 0 Å². The lowest BCUT2D eigenvalue weighted by molar-refractivity contribution is -0.123. The fourth-order valence-corrected chi connectivity index (χ4v) is 2.67. The topological polar surface area (TPSA) is 68.3 Å². The number of hydrogen-bond acceptors (Lipinski definition) is 5. The van der Waals surface area contributed by atoms with Gasteiger partial charge in [-0.2, -0.15) is 0 Å². The lowest BCUT2D eigenvalue weighted by Gasteiger charge is -2.14. The van der Waals surface area contributed by atoms with Crippen molar-refractivity contribution in [2.75, 3.05) is 5.32 Å². The average molecular weight is 380 g/mol. The molecule has 0 bridgehead atoms. The first kappa shape index (κ1) is 17.0. The maximum atomic E-state index is 12.0. The summed E-state index contributed by atoms with van der Waals surface area (Å²) < 4.78 is 5.04. The molecule has 1 N–H and O–H groups in total. The number of ether oxygens (including phenoxy) is 1. The van der Waals surface area contributed by atoms with E-state index >= 15 is 0 Å². The molecule has 0 aliphatic rings. The number of thiazole rings is 1. The second kappa shape index (κ2) is 7.28. The Morgan fingerprint density at radius 2 is 2.05 bits per heavy atom. The highest BCUT2D eigenvalue weighted by molar-refractivity contribution is 7.12. The van der Waals surface area contributed by atoms with Crippen LogP contribution in [0.3, 0.4) is 0 Å². The number of halogens is 3. The number of rotatable bonds is 4. The number of amides is 1. The summed E-state index contributed by atoms with van der Waals surface area (Å²) in [4.78, 5) is 27.8. The second-order valence-corrected chi connectivity index (χ2v) is 6.19. The Morgan fingerprint density at radius 1 is 1.32 bits per heavy atom. The molecule has 0 saturated heterocycles. The largest absolute Gasteiger partial charge is 0.448 e. The molecule has 116 valence electrons. The molecule has 9 heteroatoms. The zero-order chi connectivity index (χ0) is 16.3. The van der Waals surface area contributed by atoms with Crippen molar-refractivity contribution in [3.05, 3.63) is 43.8 Å². The molecule has 0 spiro atoms. The second-order valence-electron chi connectivity index (χ2n) is 4.13. The molecular weight excluding hydrogens is 371 g/mol. The van der Waals surface area contributed by atoms with E-state index in [1.54, 1.807) is 12.1 Å². The van der Waals surface area contributed by atoms with Crippen LogP contribution in [0.4, 0.5) is 5.69 Å². The third-order valence-corrected chi connectivity index (χ3v) is 4.32. The van der Waals surface area contributed by atoms with E-state index in [1.165, 1.54) is 18.5 Å². The van der Waals surface area contributed by atoms with Crippen LogP contribution in [0.2, 0.25) is 15.2 Å². The number of aromatic nitrogens is 1. The van der Waals surface area contributed by atoms with Gasteiger partial charge in [-0.1, -0.05) is 34.8 Å². The van der Waals surface area contributed by atoms with Crippen molar-refractivity contribution in [3.8, 4) is 0 Å². The van der Waals surface area contributed by atoms with Crippen molar-refractivity contribution in [2.45, 2.75) is 13.0 Å². The number of carbonyl (C=O) groups is 2. The minimum absolute atomic E-state index is 0.0421. The molecule has 1 unspecified atom stereocenters. The van der Waals surface area contributed by atoms with Gasteiger partial charge in [0.15, 0.2) is 16.1 Å².